The summed E-state index contributed by atoms with van der Waals surface area (Å²) in [6.45, 7) is 1.78. The maximum atomic E-state index is 13.5. The number of methoxy groups -OCH3 is 1. The molecule has 3 aromatic rings. The summed E-state index contributed by atoms with van der Waals surface area (Å²) in [5, 5.41) is 0.453. The zero-order chi connectivity index (χ0) is 20.8. The molecule has 0 bridgehead atoms. The van der Waals surface area contributed by atoms with Gasteiger partial charge in [0.2, 0.25) is 5.95 Å². The predicted molar refractivity (Wildman–Crippen MR) is 114 cm³/mol. The van der Waals surface area contributed by atoms with Gasteiger partial charge in [-0.05, 0) is 43.2 Å². The van der Waals surface area contributed by atoms with E-state index in [2.05, 4.69) is 9.55 Å². The zero-order valence-electron chi connectivity index (χ0n) is 16.5. The number of hydrogen-bond acceptors (Lipinski definition) is 4. The Morgan fingerprint density at radius 2 is 1.97 bits per heavy atom. The molecular formula is C22H21ClN4O3. The van der Waals surface area contributed by atoms with Gasteiger partial charge in [-0.3, -0.25) is 14.5 Å². The van der Waals surface area contributed by atoms with Crippen LogP contribution in [0.2, 0.25) is 5.02 Å². The van der Waals surface area contributed by atoms with Crippen LogP contribution in [0.25, 0.3) is 11.0 Å². The molecule has 1 unspecified atom stereocenters. The van der Waals surface area contributed by atoms with Gasteiger partial charge >= 0.3 is 0 Å². The number of anilines is 1. The Morgan fingerprint density at radius 1 is 1.13 bits per heavy atom. The molecule has 8 heteroatoms. The molecule has 1 saturated heterocycles. The number of benzene rings is 2. The number of fused-ring (bicyclic) bond motifs is 3. The van der Waals surface area contributed by atoms with E-state index in [9.17, 15) is 9.59 Å². The van der Waals surface area contributed by atoms with Crippen LogP contribution in [-0.2, 0) is 11.3 Å². The molecule has 0 radical (unpaired) electrons. The van der Waals surface area contributed by atoms with Crippen molar-refractivity contribution in [3.63, 3.8) is 0 Å². The summed E-state index contributed by atoms with van der Waals surface area (Å²) in [6, 6.07) is 12.3. The number of hydrogen-bond donors (Lipinski definition) is 0. The van der Waals surface area contributed by atoms with E-state index < -0.39 is 6.04 Å². The van der Waals surface area contributed by atoms with E-state index in [1.807, 2.05) is 24.3 Å². The lowest BCUT2D eigenvalue weighted by Gasteiger charge is -2.27. The molecule has 0 N–H and O–H groups in total. The topological polar surface area (TPSA) is 67.7 Å². The minimum Gasteiger partial charge on any atom is -0.496 e. The number of aromatic nitrogens is 2. The van der Waals surface area contributed by atoms with Gasteiger partial charge in [-0.1, -0.05) is 23.7 Å². The average molecular weight is 425 g/mol. The second-order valence-corrected chi connectivity index (χ2v) is 7.98. The molecule has 2 aliphatic heterocycles. The first-order valence-electron chi connectivity index (χ1n) is 9.99. The first kappa shape index (κ1) is 18.9. The average Bonchev–Trinajstić information content (AvgIpc) is 3.47. The molecule has 3 heterocycles. The SMILES string of the molecule is COc1ccc(Cl)cc1C(=O)N1CCCC1C(=O)N1CCn2c1nc1ccccc12. The highest BCUT2D eigenvalue weighted by atomic mass is 35.5. The highest BCUT2D eigenvalue weighted by molar-refractivity contribution is 6.31. The molecule has 1 fully saturated rings. The lowest BCUT2D eigenvalue weighted by molar-refractivity contribution is -0.122. The van der Waals surface area contributed by atoms with Crippen molar-refractivity contribution in [3.05, 3.63) is 53.1 Å². The Kier molecular flexibility index (Phi) is 4.62. The maximum Gasteiger partial charge on any atom is 0.258 e. The van der Waals surface area contributed by atoms with Gasteiger partial charge in [0, 0.05) is 24.7 Å². The van der Waals surface area contributed by atoms with Crippen molar-refractivity contribution in [1.82, 2.24) is 14.5 Å². The summed E-state index contributed by atoms with van der Waals surface area (Å²) in [5.74, 6) is 0.778. The lowest BCUT2D eigenvalue weighted by Crippen LogP contribution is -2.47. The number of halogens is 1. The van der Waals surface area contributed by atoms with Gasteiger partial charge in [0.25, 0.3) is 11.8 Å². The van der Waals surface area contributed by atoms with Gasteiger partial charge in [-0.25, -0.2) is 4.98 Å². The van der Waals surface area contributed by atoms with E-state index in [0.717, 1.165) is 17.5 Å². The number of ether oxygens (including phenoxy) is 1. The van der Waals surface area contributed by atoms with Crippen molar-refractivity contribution in [2.75, 3.05) is 25.1 Å². The van der Waals surface area contributed by atoms with E-state index >= 15 is 0 Å². The molecule has 5 rings (SSSR count). The van der Waals surface area contributed by atoms with Gasteiger partial charge in [-0.15, -0.1) is 0 Å². The van der Waals surface area contributed by atoms with Crippen LogP contribution in [0.15, 0.2) is 42.5 Å². The maximum absolute atomic E-state index is 13.5. The smallest absolute Gasteiger partial charge is 0.258 e. The third kappa shape index (κ3) is 2.92. The highest BCUT2D eigenvalue weighted by Gasteiger charge is 2.40. The molecule has 1 aromatic heterocycles. The summed E-state index contributed by atoms with van der Waals surface area (Å²) in [7, 11) is 1.52. The fraction of sp³-hybridized carbons (Fsp3) is 0.318. The van der Waals surface area contributed by atoms with E-state index in [1.54, 1.807) is 28.0 Å². The van der Waals surface area contributed by atoms with Crippen LogP contribution in [0.5, 0.6) is 5.75 Å². The molecule has 30 heavy (non-hydrogen) atoms. The molecular weight excluding hydrogens is 404 g/mol. The second-order valence-electron chi connectivity index (χ2n) is 7.54. The summed E-state index contributed by atoms with van der Waals surface area (Å²) in [4.78, 5) is 34.8. The second kappa shape index (κ2) is 7.32. The van der Waals surface area contributed by atoms with Gasteiger partial charge in [0.05, 0.1) is 23.7 Å². The largest absolute Gasteiger partial charge is 0.496 e. The van der Waals surface area contributed by atoms with Crippen molar-refractivity contribution >= 4 is 40.4 Å². The molecule has 1 atom stereocenters. The van der Waals surface area contributed by atoms with E-state index in [4.69, 9.17) is 16.3 Å². The first-order valence-corrected chi connectivity index (χ1v) is 10.4. The van der Waals surface area contributed by atoms with Crippen molar-refractivity contribution in [1.29, 1.82) is 0 Å². The molecule has 154 valence electrons. The van der Waals surface area contributed by atoms with E-state index in [-0.39, 0.29) is 11.8 Å². The van der Waals surface area contributed by atoms with Crippen molar-refractivity contribution in [3.8, 4) is 5.75 Å². The quantitative estimate of drug-likeness (QED) is 0.646. The lowest BCUT2D eigenvalue weighted by atomic mass is 10.1. The highest BCUT2D eigenvalue weighted by Crippen LogP contribution is 2.32. The predicted octanol–water partition coefficient (Wildman–Crippen LogP) is 3.35. The Balaban J connectivity index is 1.45. The van der Waals surface area contributed by atoms with Crippen LogP contribution < -0.4 is 9.64 Å². The van der Waals surface area contributed by atoms with Gasteiger partial charge in [0.15, 0.2) is 0 Å². The molecule has 0 spiro atoms. The van der Waals surface area contributed by atoms with Crippen LogP contribution in [0, 0.1) is 0 Å². The van der Waals surface area contributed by atoms with Crippen LogP contribution in [-0.4, -0.2) is 52.5 Å². The third-order valence-electron chi connectivity index (χ3n) is 5.88. The normalized spacial score (nSPS) is 18.1. The summed E-state index contributed by atoms with van der Waals surface area (Å²) in [6.07, 6.45) is 1.40. The molecule has 2 aliphatic rings. The number of imidazole rings is 1. The first-order chi connectivity index (χ1) is 14.6. The van der Waals surface area contributed by atoms with Crippen LogP contribution in [0.4, 0.5) is 5.95 Å². The summed E-state index contributed by atoms with van der Waals surface area (Å²) < 4.78 is 7.41. The summed E-state index contributed by atoms with van der Waals surface area (Å²) in [5.41, 5.74) is 2.26. The molecule has 0 saturated carbocycles. The Morgan fingerprint density at radius 3 is 2.80 bits per heavy atom. The van der Waals surface area contributed by atoms with Crippen molar-refractivity contribution in [2.45, 2.75) is 25.4 Å². The third-order valence-corrected chi connectivity index (χ3v) is 6.11. The monoisotopic (exact) mass is 424 g/mol. The van der Waals surface area contributed by atoms with Crippen molar-refractivity contribution < 1.29 is 14.3 Å². The van der Waals surface area contributed by atoms with E-state index in [1.165, 1.54) is 7.11 Å². The molecule has 2 amide bonds. The van der Waals surface area contributed by atoms with Gasteiger partial charge < -0.3 is 14.2 Å². The van der Waals surface area contributed by atoms with Gasteiger partial charge in [-0.2, -0.15) is 0 Å². The minimum absolute atomic E-state index is 0.0871. The number of amides is 2. The summed E-state index contributed by atoms with van der Waals surface area (Å²) >= 11 is 6.11. The minimum atomic E-state index is -0.521. The van der Waals surface area contributed by atoms with Crippen molar-refractivity contribution in [2.24, 2.45) is 0 Å². The fourth-order valence-electron chi connectivity index (χ4n) is 4.45. The standard InChI is InChI=1S/C22H21ClN4O3/c1-30-19-9-8-14(23)13-15(19)20(28)25-10-4-7-18(25)21(29)27-12-11-26-17-6-3-2-5-16(17)24-22(26)27/h2-3,5-6,8-9,13,18H,4,7,10-12H2,1H3. The Labute approximate surface area is 178 Å². The number of para-hydroxylation sites is 2. The van der Waals surface area contributed by atoms with Crippen LogP contribution in [0.3, 0.4) is 0 Å². The number of carbonyl (C=O) groups excluding carboxylic acids is 2. The zero-order valence-corrected chi connectivity index (χ0v) is 17.3. The molecule has 7 nitrogen and oxygen atoms in total. The number of nitrogens with zero attached hydrogens (tertiary/aromatic N) is 4. The van der Waals surface area contributed by atoms with E-state index in [0.29, 0.717) is 48.3 Å². The molecule has 2 aromatic carbocycles. The van der Waals surface area contributed by atoms with Crippen LogP contribution in [0.1, 0.15) is 23.2 Å². The van der Waals surface area contributed by atoms with Crippen LogP contribution >= 0.6 is 11.6 Å². The Bertz CT molecular complexity index is 1160. The Hall–Kier alpha value is -3.06. The number of likely N-dealkylation sites (tertiary alicyclic amines) is 1. The number of rotatable bonds is 3. The number of carbonyl (C=O) groups is 2. The fourth-order valence-corrected chi connectivity index (χ4v) is 4.62. The van der Waals surface area contributed by atoms with Gasteiger partial charge in [0.1, 0.15) is 11.8 Å². The molecule has 0 aliphatic carbocycles.